The van der Waals surface area contributed by atoms with Crippen molar-refractivity contribution in [2.24, 2.45) is 0 Å². The van der Waals surface area contributed by atoms with E-state index in [1.54, 1.807) is 47.4 Å². The molecule has 0 bridgehead atoms. The van der Waals surface area contributed by atoms with Gasteiger partial charge < -0.3 is 4.90 Å². The Hall–Kier alpha value is -3.45. The SMILES string of the molecule is CC(=O)c1cccc(NS(=O)(=O)c2ccc3c(c2)CCN3C(=O)c2ccccc2)c1. The fraction of sp³-hybridized carbons (Fsp3) is 0.130. The summed E-state index contributed by atoms with van der Waals surface area (Å²) in [4.78, 5) is 26.1. The van der Waals surface area contributed by atoms with Gasteiger partial charge in [-0.15, -0.1) is 0 Å². The van der Waals surface area contributed by atoms with Crippen molar-refractivity contribution in [3.05, 3.63) is 89.5 Å². The van der Waals surface area contributed by atoms with E-state index in [0.717, 1.165) is 11.3 Å². The van der Waals surface area contributed by atoms with E-state index < -0.39 is 10.0 Å². The third kappa shape index (κ3) is 3.84. The number of carbonyl (C=O) groups is 2. The van der Waals surface area contributed by atoms with Gasteiger partial charge in [-0.2, -0.15) is 0 Å². The van der Waals surface area contributed by atoms with Crippen LogP contribution >= 0.6 is 0 Å². The molecular weight excluding hydrogens is 400 g/mol. The Labute approximate surface area is 175 Å². The molecule has 1 N–H and O–H groups in total. The molecular formula is C23H20N2O4S. The van der Waals surface area contributed by atoms with Crippen LogP contribution in [-0.2, 0) is 16.4 Å². The van der Waals surface area contributed by atoms with E-state index in [-0.39, 0.29) is 16.6 Å². The van der Waals surface area contributed by atoms with Crippen molar-refractivity contribution in [2.45, 2.75) is 18.2 Å². The topological polar surface area (TPSA) is 83.6 Å². The van der Waals surface area contributed by atoms with Gasteiger partial charge in [0.2, 0.25) is 0 Å². The summed E-state index contributed by atoms with van der Waals surface area (Å²) in [7, 11) is -3.83. The lowest BCUT2D eigenvalue weighted by molar-refractivity contribution is 0.0987. The lowest BCUT2D eigenvalue weighted by atomic mass is 10.1. The molecule has 3 aromatic carbocycles. The summed E-state index contributed by atoms with van der Waals surface area (Å²) in [6.45, 7) is 1.93. The molecule has 0 saturated heterocycles. The number of hydrogen-bond donors (Lipinski definition) is 1. The van der Waals surface area contributed by atoms with Crippen LogP contribution in [-0.4, -0.2) is 26.7 Å². The second-order valence-electron chi connectivity index (χ2n) is 7.11. The highest BCUT2D eigenvalue weighted by Gasteiger charge is 2.27. The van der Waals surface area contributed by atoms with Crippen LogP contribution in [0.4, 0.5) is 11.4 Å². The predicted octanol–water partition coefficient (Wildman–Crippen LogP) is 3.89. The molecule has 1 amide bonds. The van der Waals surface area contributed by atoms with Crippen molar-refractivity contribution in [1.29, 1.82) is 0 Å². The lowest BCUT2D eigenvalue weighted by Gasteiger charge is -2.18. The Morgan fingerprint density at radius 3 is 2.37 bits per heavy atom. The summed E-state index contributed by atoms with van der Waals surface area (Å²) < 4.78 is 28.2. The molecule has 7 heteroatoms. The highest BCUT2D eigenvalue weighted by Crippen LogP contribution is 2.32. The van der Waals surface area contributed by atoms with Crippen LogP contribution in [0.25, 0.3) is 0 Å². The van der Waals surface area contributed by atoms with Gasteiger partial charge in [-0.1, -0.05) is 30.3 Å². The van der Waals surface area contributed by atoms with E-state index in [1.165, 1.54) is 19.1 Å². The highest BCUT2D eigenvalue weighted by molar-refractivity contribution is 7.92. The molecule has 6 nitrogen and oxygen atoms in total. The zero-order valence-corrected chi connectivity index (χ0v) is 17.1. The molecule has 152 valence electrons. The second kappa shape index (κ2) is 7.76. The summed E-state index contributed by atoms with van der Waals surface area (Å²) in [5, 5.41) is 0. The molecule has 1 heterocycles. The smallest absolute Gasteiger partial charge is 0.261 e. The van der Waals surface area contributed by atoms with Crippen LogP contribution in [0.15, 0.2) is 77.7 Å². The standard InChI is InChI=1S/C23H20N2O4S/c1-16(26)18-8-5-9-20(14-18)24-30(28,29)21-10-11-22-19(15-21)12-13-25(22)23(27)17-6-3-2-4-7-17/h2-11,14-15,24H,12-13H2,1H3. The molecule has 0 aromatic heterocycles. The fourth-order valence-electron chi connectivity index (χ4n) is 3.51. The maximum absolute atomic E-state index is 12.8. The van der Waals surface area contributed by atoms with Gasteiger partial charge in [0, 0.05) is 29.0 Å². The number of rotatable bonds is 5. The number of nitrogens with one attached hydrogen (secondary N) is 1. The van der Waals surface area contributed by atoms with Crippen molar-refractivity contribution in [3.8, 4) is 0 Å². The van der Waals surface area contributed by atoms with Gasteiger partial charge in [-0.25, -0.2) is 8.42 Å². The number of benzene rings is 3. The monoisotopic (exact) mass is 420 g/mol. The van der Waals surface area contributed by atoms with Crippen molar-refractivity contribution in [3.63, 3.8) is 0 Å². The van der Waals surface area contributed by atoms with Crippen LogP contribution in [0, 0.1) is 0 Å². The van der Waals surface area contributed by atoms with Crippen molar-refractivity contribution in [2.75, 3.05) is 16.2 Å². The first-order valence-corrected chi connectivity index (χ1v) is 11.0. The molecule has 0 aliphatic carbocycles. The third-order valence-electron chi connectivity index (χ3n) is 5.04. The Balaban J connectivity index is 1.59. The summed E-state index contributed by atoms with van der Waals surface area (Å²) in [5.41, 5.74) is 2.87. The number of carbonyl (C=O) groups excluding carboxylic acids is 2. The van der Waals surface area contributed by atoms with Crippen LogP contribution < -0.4 is 9.62 Å². The van der Waals surface area contributed by atoms with Gasteiger partial charge in [-0.3, -0.25) is 14.3 Å². The van der Waals surface area contributed by atoms with Crippen molar-refractivity contribution in [1.82, 2.24) is 0 Å². The van der Waals surface area contributed by atoms with E-state index in [4.69, 9.17) is 0 Å². The van der Waals surface area contributed by atoms with Crippen LogP contribution in [0.5, 0.6) is 0 Å². The molecule has 0 saturated carbocycles. The minimum atomic E-state index is -3.83. The highest BCUT2D eigenvalue weighted by atomic mass is 32.2. The minimum Gasteiger partial charge on any atom is -0.308 e. The number of nitrogens with zero attached hydrogens (tertiary/aromatic N) is 1. The van der Waals surface area contributed by atoms with E-state index in [1.807, 2.05) is 18.2 Å². The molecule has 3 aromatic rings. The number of amides is 1. The Kier molecular flexibility index (Phi) is 5.13. The number of sulfonamides is 1. The molecule has 30 heavy (non-hydrogen) atoms. The Morgan fingerprint density at radius 2 is 1.63 bits per heavy atom. The number of anilines is 2. The first-order chi connectivity index (χ1) is 14.3. The number of Topliss-reactive ketones (excluding diaryl/α,β-unsaturated/α-hetero) is 1. The second-order valence-corrected chi connectivity index (χ2v) is 8.79. The van der Waals surface area contributed by atoms with Gasteiger partial charge in [-0.05, 0) is 61.4 Å². The number of ketones is 1. The Bertz CT molecular complexity index is 1240. The number of fused-ring (bicyclic) bond motifs is 1. The van der Waals surface area contributed by atoms with Crippen LogP contribution in [0.2, 0.25) is 0 Å². The lowest BCUT2D eigenvalue weighted by Crippen LogP contribution is -2.28. The maximum atomic E-state index is 12.8. The van der Waals surface area contributed by atoms with E-state index in [2.05, 4.69) is 4.72 Å². The van der Waals surface area contributed by atoms with Gasteiger partial charge in [0.25, 0.3) is 15.9 Å². The summed E-state index contributed by atoms with van der Waals surface area (Å²) in [6, 6.07) is 20.1. The van der Waals surface area contributed by atoms with Crippen LogP contribution in [0.1, 0.15) is 33.2 Å². The van der Waals surface area contributed by atoms with E-state index >= 15 is 0 Å². The van der Waals surface area contributed by atoms with Crippen molar-refractivity contribution >= 4 is 33.1 Å². The maximum Gasteiger partial charge on any atom is 0.261 e. The first-order valence-electron chi connectivity index (χ1n) is 9.49. The van der Waals surface area contributed by atoms with Crippen LogP contribution in [0.3, 0.4) is 0 Å². The first kappa shape index (κ1) is 19.8. The molecule has 0 radical (unpaired) electrons. The minimum absolute atomic E-state index is 0.107. The van der Waals surface area contributed by atoms with E-state index in [0.29, 0.717) is 29.8 Å². The molecule has 0 fully saturated rings. The summed E-state index contributed by atoms with van der Waals surface area (Å²) in [5.74, 6) is -0.249. The quantitative estimate of drug-likeness (QED) is 0.635. The molecule has 0 unspecified atom stereocenters. The molecule has 0 atom stereocenters. The van der Waals surface area contributed by atoms with Gasteiger partial charge in [0.05, 0.1) is 4.90 Å². The molecule has 1 aliphatic rings. The van der Waals surface area contributed by atoms with Gasteiger partial charge in [0.1, 0.15) is 0 Å². The average Bonchev–Trinajstić information content (AvgIpc) is 3.17. The van der Waals surface area contributed by atoms with Gasteiger partial charge >= 0.3 is 0 Å². The Morgan fingerprint density at radius 1 is 0.900 bits per heavy atom. The molecule has 1 aliphatic heterocycles. The largest absolute Gasteiger partial charge is 0.308 e. The van der Waals surface area contributed by atoms with E-state index in [9.17, 15) is 18.0 Å². The summed E-state index contributed by atoms with van der Waals surface area (Å²) >= 11 is 0. The average molecular weight is 420 g/mol. The number of hydrogen-bond acceptors (Lipinski definition) is 4. The summed E-state index contributed by atoms with van der Waals surface area (Å²) in [6.07, 6.45) is 0.580. The fourth-order valence-corrected chi connectivity index (χ4v) is 4.61. The predicted molar refractivity (Wildman–Crippen MR) is 116 cm³/mol. The zero-order chi connectivity index (χ0) is 21.3. The third-order valence-corrected chi connectivity index (χ3v) is 6.42. The van der Waals surface area contributed by atoms with Crippen molar-refractivity contribution < 1.29 is 18.0 Å². The van der Waals surface area contributed by atoms with Gasteiger partial charge in [0.15, 0.2) is 5.78 Å². The normalized spacial score (nSPS) is 13.0. The molecule has 0 spiro atoms. The zero-order valence-electron chi connectivity index (χ0n) is 16.3. The molecule has 4 rings (SSSR count).